The van der Waals surface area contributed by atoms with Crippen LogP contribution in [0.25, 0.3) is 0 Å². The molecule has 1 aromatic heterocycles. The number of aromatic nitrogens is 2. The number of piperidine rings is 2. The lowest BCUT2D eigenvalue weighted by Gasteiger charge is -2.41. The highest BCUT2D eigenvalue weighted by Gasteiger charge is 2.30. The van der Waals surface area contributed by atoms with Gasteiger partial charge < -0.3 is 24.8 Å². The molecule has 3 fully saturated rings. The third-order valence-electron chi connectivity index (χ3n) is 11.2. The summed E-state index contributed by atoms with van der Waals surface area (Å²) in [5, 5.41) is 33.0. The number of aromatic hydroxyl groups is 1. The van der Waals surface area contributed by atoms with E-state index in [1.807, 2.05) is 12.1 Å². The Bertz CT molecular complexity index is 2200. The van der Waals surface area contributed by atoms with Crippen LogP contribution >= 0.6 is 11.6 Å². The number of anilines is 2. The Morgan fingerprint density at radius 3 is 2.51 bits per heavy atom. The quantitative estimate of drug-likeness (QED) is 0.0693. The van der Waals surface area contributed by atoms with Gasteiger partial charge in [-0.05, 0) is 93.1 Å². The molecular formula is C41H49ClN8O8S. The highest BCUT2D eigenvalue weighted by molar-refractivity contribution is 7.90. The van der Waals surface area contributed by atoms with E-state index in [4.69, 9.17) is 21.1 Å². The van der Waals surface area contributed by atoms with Crippen molar-refractivity contribution >= 4 is 44.6 Å². The molecule has 314 valence electrons. The fourth-order valence-corrected chi connectivity index (χ4v) is 9.16. The van der Waals surface area contributed by atoms with Gasteiger partial charge >= 0.3 is 0 Å². The maximum Gasteiger partial charge on any atom is 0.293 e. The summed E-state index contributed by atoms with van der Waals surface area (Å²) in [6.45, 7) is 7.80. The van der Waals surface area contributed by atoms with Crippen LogP contribution < -0.4 is 19.7 Å². The number of carbonyl (C=O) groups is 1. The number of rotatable bonds is 15. The third kappa shape index (κ3) is 11.0. The van der Waals surface area contributed by atoms with Crippen molar-refractivity contribution in [2.45, 2.75) is 49.5 Å². The Morgan fingerprint density at radius 2 is 1.76 bits per heavy atom. The summed E-state index contributed by atoms with van der Waals surface area (Å²) in [6.07, 6.45) is 7.38. The molecule has 59 heavy (non-hydrogen) atoms. The molecular weight excluding hydrogens is 800 g/mol. The third-order valence-corrected chi connectivity index (χ3v) is 12.7. The molecule has 0 radical (unpaired) electrons. The number of carbonyl (C=O) groups excluding carboxylic acids is 1. The first-order chi connectivity index (χ1) is 28.5. The van der Waals surface area contributed by atoms with Gasteiger partial charge in [0.25, 0.3) is 21.6 Å². The smallest absolute Gasteiger partial charge is 0.293 e. The molecule has 0 saturated carbocycles. The number of amides is 1. The molecule has 18 heteroatoms. The Kier molecular flexibility index (Phi) is 13.8. The lowest BCUT2D eigenvalue weighted by atomic mass is 9.91. The van der Waals surface area contributed by atoms with Gasteiger partial charge in [-0.2, -0.15) is 5.10 Å². The van der Waals surface area contributed by atoms with E-state index < -0.39 is 37.3 Å². The van der Waals surface area contributed by atoms with E-state index >= 15 is 0 Å². The summed E-state index contributed by atoms with van der Waals surface area (Å²) in [5.74, 6) is -0.826. The van der Waals surface area contributed by atoms with E-state index in [1.165, 1.54) is 48.9 Å². The summed E-state index contributed by atoms with van der Waals surface area (Å²) in [4.78, 5) is 31.7. The summed E-state index contributed by atoms with van der Waals surface area (Å²) < 4.78 is 40.6. The largest absolute Gasteiger partial charge is 0.492 e. The molecule has 7 rings (SSSR count). The van der Waals surface area contributed by atoms with E-state index in [0.29, 0.717) is 31.7 Å². The van der Waals surface area contributed by atoms with E-state index in [2.05, 4.69) is 47.1 Å². The van der Waals surface area contributed by atoms with Gasteiger partial charge in [-0.1, -0.05) is 30.2 Å². The number of sulfonamides is 1. The van der Waals surface area contributed by atoms with Gasteiger partial charge in [0.05, 0.1) is 34.8 Å². The lowest BCUT2D eigenvalue weighted by Crippen LogP contribution is -2.41. The zero-order chi connectivity index (χ0) is 41.4. The Balaban J connectivity index is 1.03. The zero-order valence-electron chi connectivity index (χ0n) is 32.7. The fourth-order valence-electron chi connectivity index (χ4n) is 8.04. The maximum atomic E-state index is 13.7. The average molecular weight is 849 g/mol. The number of morpholine rings is 1. The highest BCUT2D eigenvalue weighted by Crippen LogP contribution is 2.36. The molecule has 0 bridgehead atoms. The molecule has 3 aliphatic heterocycles. The molecule has 3 saturated heterocycles. The van der Waals surface area contributed by atoms with Gasteiger partial charge in [-0.15, -0.1) is 5.10 Å². The number of likely N-dealkylation sites (tertiary alicyclic amines) is 1. The van der Waals surface area contributed by atoms with E-state index in [9.17, 15) is 28.4 Å². The van der Waals surface area contributed by atoms with Crippen LogP contribution in [-0.2, 0) is 14.8 Å². The predicted octanol–water partition coefficient (Wildman–Crippen LogP) is 6.23. The standard InChI is InChI=1S/C41H49ClN8O8S/c42-31-7-5-30(6-8-31)37-4-1-2-17-49(37)28-29-13-18-48(19-14-29)32-9-11-35(39(24-32)58-33-25-40(51)45-44-27-33)41(52)46-59(55,56)34-10-12-36(38(26-34)50(53)54)43-15-3-16-47-20-22-57-23-21-47/h5-12,24-27,29,37,43H,1-4,13-23,28H2,(H,45,51)(H,46,52)/t37-/m0/s1. The number of nitrogens with zero attached hydrogens (tertiary/aromatic N) is 6. The fraction of sp³-hybridized carbons (Fsp3) is 0.439. The molecule has 3 N–H and O–H groups in total. The van der Waals surface area contributed by atoms with Crippen molar-refractivity contribution in [2.24, 2.45) is 5.92 Å². The second-order valence-electron chi connectivity index (χ2n) is 15.1. The van der Waals surface area contributed by atoms with Crippen molar-refractivity contribution in [1.82, 2.24) is 24.7 Å². The number of nitro groups is 1. The van der Waals surface area contributed by atoms with Gasteiger partial charge in [-0.3, -0.25) is 24.7 Å². The molecule has 4 heterocycles. The number of nitrogens with one attached hydrogen (secondary N) is 2. The minimum atomic E-state index is -4.58. The summed E-state index contributed by atoms with van der Waals surface area (Å²) >= 11 is 6.18. The van der Waals surface area contributed by atoms with Crippen LogP contribution in [0.15, 0.2) is 77.8 Å². The van der Waals surface area contributed by atoms with Crippen LogP contribution in [0.2, 0.25) is 5.02 Å². The molecule has 3 aliphatic rings. The molecule has 0 unspecified atom stereocenters. The monoisotopic (exact) mass is 848 g/mol. The van der Waals surface area contributed by atoms with E-state index in [1.54, 1.807) is 12.1 Å². The number of halogens is 1. The summed E-state index contributed by atoms with van der Waals surface area (Å²) in [7, 11) is -4.58. The Hall–Kier alpha value is -5.07. The normalized spacial score (nSPS) is 18.3. The predicted molar refractivity (Wildman–Crippen MR) is 223 cm³/mol. The minimum absolute atomic E-state index is 0.0199. The topological polar surface area (TPSA) is 193 Å². The van der Waals surface area contributed by atoms with Crippen LogP contribution in [-0.4, -0.2) is 110 Å². The van der Waals surface area contributed by atoms with Crippen molar-refractivity contribution in [2.75, 3.05) is 75.8 Å². The van der Waals surface area contributed by atoms with Crippen molar-refractivity contribution < 1.29 is 32.7 Å². The SMILES string of the molecule is O=C(NS(=O)(=O)c1ccc(NCCCN2CCOCC2)c([N+](=O)[O-])c1)c1ccc(N2CCC(CN3CCCC[C@H]3c3ccc(Cl)cc3)CC2)cc1Oc1cnnc(O)c1. The lowest BCUT2D eigenvalue weighted by molar-refractivity contribution is -0.384. The number of ether oxygens (including phenoxy) is 2. The van der Waals surface area contributed by atoms with Gasteiger partial charge in [0.2, 0.25) is 5.88 Å². The number of hydrogen-bond acceptors (Lipinski definition) is 14. The summed E-state index contributed by atoms with van der Waals surface area (Å²) in [5.41, 5.74) is 1.68. The minimum Gasteiger partial charge on any atom is -0.492 e. The van der Waals surface area contributed by atoms with E-state index in [-0.39, 0.29) is 22.7 Å². The van der Waals surface area contributed by atoms with Crippen LogP contribution in [0, 0.1) is 16.0 Å². The molecule has 1 atom stereocenters. The number of nitro benzene ring substituents is 1. The first kappa shape index (κ1) is 42.1. The van der Waals surface area contributed by atoms with Crippen molar-refractivity contribution in [3.8, 4) is 17.4 Å². The van der Waals surface area contributed by atoms with Crippen LogP contribution in [0.4, 0.5) is 17.1 Å². The van der Waals surface area contributed by atoms with Crippen molar-refractivity contribution in [3.63, 3.8) is 0 Å². The molecule has 4 aromatic rings. The van der Waals surface area contributed by atoms with Crippen molar-refractivity contribution in [1.29, 1.82) is 0 Å². The second kappa shape index (κ2) is 19.3. The van der Waals surface area contributed by atoms with Crippen LogP contribution in [0.3, 0.4) is 0 Å². The molecule has 16 nitrogen and oxygen atoms in total. The van der Waals surface area contributed by atoms with Gasteiger partial charge in [-0.25, -0.2) is 13.1 Å². The Morgan fingerprint density at radius 1 is 0.983 bits per heavy atom. The van der Waals surface area contributed by atoms with E-state index in [0.717, 1.165) is 88.3 Å². The first-order valence-electron chi connectivity index (χ1n) is 20.0. The maximum absolute atomic E-state index is 13.7. The van der Waals surface area contributed by atoms with Gasteiger partial charge in [0.15, 0.2) is 5.75 Å². The van der Waals surface area contributed by atoms with Crippen molar-refractivity contribution in [3.05, 3.63) is 99.2 Å². The molecule has 0 spiro atoms. The summed E-state index contributed by atoms with van der Waals surface area (Å²) in [6, 6.07) is 18.1. The highest BCUT2D eigenvalue weighted by atomic mass is 35.5. The second-order valence-corrected chi connectivity index (χ2v) is 17.2. The number of hydrogen-bond donors (Lipinski definition) is 3. The zero-order valence-corrected chi connectivity index (χ0v) is 34.2. The van der Waals surface area contributed by atoms with Crippen LogP contribution in [0.1, 0.15) is 60.5 Å². The van der Waals surface area contributed by atoms with Gasteiger partial charge in [0.1, 0.15) is 11.4 Å². The van der Waals surface area contributed by atoms with Gasteiger partial charge in [0, 0.05) is 74.2 Å². The molecule has 1 amide bonds. The first-order valence-corrected chi connectivity index (χ1v) is 21.9. The van der Waals surface area contributed by atoms with Crippen LogP contribution in [0.5, 0.6) is 17.4 Å². The Labute approximate surface area is 348 Å². The number of benzene rings is 3. The molecule has 0 aliphatic carbocycles. The average Bonchev–Trinajstić information content (AvgIpc) is 3.23. The molecule has 3 aromatic carbocycles.